The van der Waals surface area contributed by atoms with E-state index >= 15 is 0 Å². The summed E-state index contributed by atoms with van der Waals surface area (Å²) >= 11 is 0. The zero-order valence-electron chi connectivity index (χ0n) is 10.1. The van der Waals surface area contributed by atoms with Crippen molar-refractivity contribution in [1.29, 1.82) is 0 Å². The van der Waals surface area contributed by atoms with Gasteiger partial charge in [0, 0.05) is 6.07 Å². The Hall–Kier alpha value is -1.75. The highest BCUT2D eigenvalue weighted by atomic mass is 16.5. The molecule has 0 fully saturated rings. The Morgan fingerprint density at radius 1 is 1.18 bits per heavy atom. The molecule has 0 amide bonds. The molecule has 0 aromatic heterocycles. The minimum atomic E-state index is -0.938. The lowest BCUT2D eigenvalue weighted by Gasteiger charge is -2.12. The largest absolute Gasteiger partial charge is 0.497 e. The number of hydrogen-bond donors (Lipinski definition) is 1. The summed E-state index contributed by atoms with van der Waals surface area (Å²) in [6.07, 6.45) is -1.04. The molecule has 0 spiro atoms. The number of methoxy groups -OCH3 is 3. The first kappa shape index (κ1) is 13.3. The van der Waals surface area contributed by atoms with Crippen molar-refractivity contribution in [2.45, 2.75) is 12.5 Å². The minimum absolute atomic E-state index is 0.104. The molecule has 1 aromatic carbocycles. The Bertz CT molecular complexity index is 366. The van der Waals surface area contributed by atoms with E-state index in [1.54, 1.807) is 18.2 Å². The van der Waals surface area contributed by atoms with Crippen molar-refractivity contribution >= 4 is 5.97 Å². The molecule has 1 atom stereocenters. The predicted molar refractivity (Wildman–Crippen MR) is 61.1 cm³/mol. The number of aliphatic hydroxyl groups excluding tert-OH is 1. The van der Waals surface area contributed by atoms with Crippen LogP contribution in [0.4, 0.5) is 0 Å². The zero-order chi connectivity index (χ0) is 12.8. The van der Waals surface area contributed by atoms with Gasteiger partial charge in [-0.1, -0.05) is 0 Å². The second kappa shape index (κ2) is 6.10. The van der Waals surface area contributed by atoms with E-state index < -0.39 is 12.1 Å². The molecule has 1 aromatic rings. The first-order chi connectivity index (χ1) is 8.10. The average Bonchev–Trinajstić information content (AvgIpc) is 2.37. The van der Waals surface area contributed by atoms with Gasteiger partial charge < -0.3 is 19.3 Å². The third kappa shape index (κ3) is 3.64. The van der Waals surface area contributed by atoms with Crippen molar-refractivity contribution in [3.8, 4) is 11.5 Å². The molecule has 5 heteroatoms. The fourth-order valence-corrected chi connectivity index (χ4v) is 1.38. The molecule has 1 N–H and O–H groups in total. The first-order valence-electron chi connectivity index (χ1n) is 5.08. The van der Waals surface area contributed by atoms with Gasteiger partial charge in [-0.05, 0) is 17.7 Å². The van der Waals surface area contributed by atoms with E-state index in [0.717, 1.165) is 0 Å². The molecule has 0 aliphatic rings. The van der Waals surface area contributed by atoms with Gasteiger partial charge in [0.1, 0.15) is 11.5 Å². The predicted octanol–water partition coefficient (Wildman–Crippen LogP) is 1.30. The Balaban J connectivity index is 2.91. The van der Waals surface area contributed by atoms with Crippen molar-refractivity contribution in [2.24, 2.45) is 0 Å². The van der Waals surface area contributed by atoms with Crippen LogP contribution < -0.4 is 9.47 Å². The molecule has 5 nitrogen and oxygen atoms in total. The Morgan fingerprint density at radius 3 is 2.12 bits per heavy atom. The number of benzene rings is 1. The van der Waals surface area contributed by atoms with Gasteiger partial charge in [0.15, 0.2) is 0 Å². The normalized spacial score (nSPS) is 11.8. The molecule has 1 rings (SSSR count). The number of hydrogen-bond acceptors (Lipinski definition) is 5. The van der Waals surface area contributed by atoms with Crippen molar-refractivity contribution < 1.29 is 24.1 Å². The van der Waals surface area contributed by atoms with Gasteiger partial charge in [0.05, 0.1) is 33.9 Å². The number of esters is 1. The van der Waals surface area contributed by atoms with E-state index in [9.17, 15) is 9.90 Å². The second-order valence-electron chi connectivity index (χ2n) is 3.44. The molecule has 94 valence electrons. The highest BCUT2D eigenvalue weighted by Crippen LogP contribution is 2.27. The van der Waals surface area contributed by atoms with Gasteiger partial charge in [-0.15, -0.1) is 0 Å². The molecular formula is C12H16O5. The van der Waals surface area contributed by atoms with Crippen LogP contribution in [0, 0.1) is 0 Å². The molecule has 0 saturated heterocycles. The standard InChI is InChI=1S/C12H16O5/c1-15-9-4-8(5-10(6-9)16-2)11(13)7-12(14)17-3/h4-6,11,13H,7H2,1-3H3/t11-/m0/s1. The highest BCUT2D eigenvalue weighted by molar-refractivity contribution is 5.70. The fourth-order valence-electron chi connectivity index (χ4n) is 1.38. The zero-order valence-corrected chi connectivity index (χ0v) is 10.1. The summed E-state index contributed by atoms with van der Waals surface area (Å²) in [5, 5.41) is 9.85. The van der Waals surface area contributed by atoms with E-state index in [2.05, 4.69) is 4.74 Å². The summed E-state index contributed by atoms with van der Waals surface area (Å²) in [5.74, 6) is 0.644. The summed E-state index contributed by atoms with van der Waals surface area (Å²) in [7, 11) is 4.32. The van der Waals surface area contributed by atoms with Crippen LogP contribution in [-0.4, -0.2) is 32.4 Å². The fraction of sp³-hybridized carbons (Fsp3) is 0.417. The highest BCUT2D eigenvalue weighted by Gasteiger charge is 2.15. The SMILES string of the molecule is COC(=O)C[C@H](O)c1cc(OC)cc(OC)c1. The molecule has 0 radical (unpaired) electrons. The Labute approximate surface area is 99.9 Å². The molecule has 0 heterocycles. The summed E-state index contributed by atoms with van der Waals surface area (Å²) in [6, 6.07) is 4.99. The van der Waals surface area contributed by atoms with Gasteiger partial charge in [-0.3, -0.25) is 4.79 Å². The monoisotopic (exact) mass is 240 g/mol. The van der Waals surface area contributed by atoms with Crippen LogP contribution in [-0.2, 0) is 9.53 Å². The molecule has 0 saturated carbocycles. The average molecular weight is 240 g/mol. The number of ether oxygens (including phenoxy) is 3. The van der Waals surface area contributed by atoms with Crippen molar-refractivity contribution in [1.82, 2.24) is 0 Å². The number of carbonyl (C=O) groups is 1. The molecule has 0 unspecified atom stereocenters. The lowest BCUT2D eigenvalue weighted by Crippen LogP contribution is -2.08. The summed E-state index contributed by atoms with van der Waals surface area (Å²) in [6.45, 7) is 0. The summed E-state index contributed by atoms with van der Waals surface area (Å²) in [4.78, 5) is 11.1. The van der Waals surface area contributed by atoms with Crippen LogP contribution in [0.15, 0.2) is 18.2 Å². The molecule has 0 bridgehead atoms. The van der Waals surface area contributed by atoms with Crippen LogP contribution in [0.3, 0.4) is 0 Å². The van der Waals surface area contributed by atoms with Crippen LogP contribution in [0.1, 0.15) is 18.1 Å². The molecule has 0 aliphatic carbocycles. The Morgan fingerprint density at radius 2 is 1.71 bits per heavy atom. The maximum absolute atomic E-state index is 11.1. The van der Waals surface area contributed by atoms with E-state index in [0.29, 0.717) is 17.1 Å². The van der Waals surface area contributed by atoms with E-state index in [1.165, 1.54) is 21.3 Å². The first-order valence-corrected chi connectivity index (χ1v) is 5.08. The topological polar surface area (TPSA) is 65.0 Å². The van der Waals surface area contributed by atoms with Crippen molar-refractivity contribution in [3.05, 3.63) is 23.8 Å². The van der Waals surface area contributed by atoms with Crippen molar-refractivity contribution in [2.75, 3.05) is 21.3 Å². The third-order valence-corrected chi connectivity index (χ3v) is 2.35. The van der Waals surface area contributed by atoms with Gasteiger partial charge in [-0.2, -0.15) is 0 Å². The van der Waals surface area contributed by atoms with Crippen molar-refractivity contribution in [3.63, 3.8) is 0 Å². The van der Waals surface area contributed by atoms with E-state index in [1.807, 2.05) is 0 Å². The summed E-state index contributed by atoms with van der Waals surface area (Å²) < 4.78 is 14.6. The van der Waals surface area contributed by atoms with Gasteiger partial charge in [-0.25, -0.2) is 0 Å². The minimum Gasteiger partial charge on any atom is -0.497 e. The van der Waals surface area contributed by atoms with E-state index in [4.69, 9.17) is 9.47 Å². The maximum atomic E-state index is 11.1. The second-order valence-corrected chi connectivity index (χ2v) is 3.44. The van der Waals surface area contributed by atoms with Gasteiger partial charge >= 0.3 is 5.97 Å². The molecule has 17 heavy (non-hydrogen) atoms. The number of aliphatic hydroxyl groups is 1. The smallest absolute Gasteiger partial charge is 0.308 e. The van der Waals surface area contributed by atoms with Gasteiger partial charge in [0.2, 0.25) is 0 Å². The summed E-state index contributed by atoms with van der Waals surface area (Å²) in [5.41, 5.74) is 0.548. The third-order valence-electron chi connectivity index (χ3n) is 2.35. The number of carbonyl (C=O) groups excluding carboxylic acids is 1. The molecular weight excluding hydrogens is 224 g/mol. The van der Waals surface area contributed by atoms with Gasteiger partial charge in [0.25, 0.3) is 0 Å². The van der Waals surface area contributed by atoms with Crippen LogP contribution in [0.2, 0.25) is 0 Å². The lowest BCUT2D eigenvalue weighted by molar-refractivity contribution is -0.142. The molecule has 0 aliphatic heterocycles. The lowest BCUT2D eigenvalue weighted by atomic mass is 10.1. The Kier molecular flexibility index (Phi) is 4.78. The number of rotatable bonds is 5. The van der Waals surface area contributed by atoms with Crippen LogP contribution in [0.25, 0.3) is 0 Å². The van der Waals surface area contributed by atoms with Crippen LogP contribution in [0.5, 0.6) is 11.5 Å². The quantitative estimate of drug-likeness (QED) is 0.786. The van der Waals surface area contributed by atoms with E-state index in [-0.39, 0.29) is 6.42 Å². The maximum Gasteiger partial charge on any atom is 0.308 e. The van der Waals surface area contributed by atoms with Crippen LogP contribution >= 0.6 is 0 Å².